The van der Waals surface area contributed by atoms with Crippen LogP contribution >= 0.6 is 0 Å². The Morgan fingerprint density at radius 1 is 1.38 bits per heavy atom. The SMILES string of the molecule is NC(CN1C(=O)CCCC1=O)C1CCOC1. The zero-order valence-electron chi connectivity index (χ0n) is 9.35. The van der Waals surface area contributed by atoms with Crippen LogP contribution in [0, 0.1) is 5.92 Å². The highest BCUT2D eigenvalue weighted by Crippen LogP contribution is 2.18. The van der Waals surface area contributed by atoms with Gasteiger partial charge in [0, 0.05) is 38.0 Å². The number of nitrogens with zero attached hydrogens (tertiary/aromatic N) is 1. The Balaban J connectivity index is 1.91. The fourth-order valence-corrected chi connectivity index (χ4v) is 2.25. The van der Waals surface area contributed by atoms with Crippen LogP contribution in [-0.4, -0.2) is 42.5 Å². The number of ether oxygens (including phenoxy) is 1. The molecule has 0 bridgehead atoms. The van der Waals surface area contributed by atoms with Crippen LogP contribution in [-0.2, 0) is 14.3 Å². The third-order valence-electron chi connectivity index (χ3n) is 3.35. The molecular formula is C11H18N2O3. The molecule has 90 valence electrons. The number of imide groups is 1. The third kappa shape index (κ3) is 2.41. The molecule has 0 aromatic carbocycles. The third-order valence-corrected chi connectivity index (χ3v) is 3.35. The van der Waals surface area contributed by atoms with E-state index in [9.17, 15) is 9.59 Å². The summed E-state index contributed by atoms with van der Waals surface area (Å²) < 4.78 is 5.25. The molecule has 2 atom stereocenters. The lowest BCUT2D eigenvalue weighted by atomic mass is 9.98. The van der Waals surface area contributed by atoms with Crippen molar-refractivity contribution >= 4 is 11.8 Å². The molecule has 0 aliphatic carbocycles. The zero-order chi connectivity index (χ0) is 11.5. The lowest BCUT2D eigenvalue weighted by molar-refractivity contribution is -0.148. The summed E-state index contributed by atoms with van der Waals surface area (Å²) in [6, 6.07) is -0.145. The predicted octanol–water partition coefficient (Wildman–Crippen LogP) is -0.111. The van der Waals surface area contributed by atoms with Gasteiger partial charge in [-0.1, -0.05) is 0 Å². The second kappa shape index (κ2) is 4.93. The first-order valence-corrected chi connectivity index (χ1v) is 5.85. The van der Waals surface area contributed by atoms with Crippen molar-refractivity contribution < 1.29 is 14.3 Å². The van der Waals surface area contributed by atoms with Gasteiger partial charge in [-0.3, -0.25) is 14.5 Å². The Labute approximate surface area is 94.9 Å². The minimum Gasteiger partial charge on any atom is -0.381 e. The smallest absolute Gasteiger partial charge is 0.229 e. The standard InChI is InChI=1S/C11H18N2O3/c12-9(8-4-5-16-7-8)6-13-10(14)2-1-3-11(13)15/h8-9H,1-7,12H2. The van der Waals surface area contributed by atoms with Crippen LogP contribution in [0.15, 0.2) is 0 Å². The normalized spacial score (nSPS) is 28.6. The van der Waals surface area contributed by atoms with Crippen molar-refractivity contribution in [2.45, 2.75) is 31.7 Å². The van der Waals surface area contributed by atoms with Gasteiger partial charge in [0.25, 0.3) is 0 Å². The highest BCUT2D eigenvalue weighted by atomic mass is 16.5. The number of nitrogens with two attached hydrogens (primary N) is 1. The Morgan fingerprint density at radius 2 is 2.06 bits per heavy atom. The molecule has 2 N–H and O–H groups in total. The Morgan fingerprint density at radius 3 is 2.62 bits per heavy atom. The fraction of sp³-hybridized carbons (Fsp3) is 0.818. The number of piperidine rings is 1. The lowest BCUT2D eigenvalue weighted by Crippen LogP contribution is -2.49. The van der Waals surface area contributed by atoms with Crippen molar-refractivity contribution in [3.63, 3.8) is 0 Å². The lowest BCUT2D eigenvalue weighted by Gasteiger charge is -2.29. The summed E-state index contributed by atoms with van der Waals surface area (Å²) in [5.41, 5.74) is 6.01. The van der Waals surface area contributed by atoms with Gasteiger partial charge in [0.15, 0.2) is 0 Å². The van der Waals surface area contributed by atoms with Crippen molar-refractivity contribution in [1.29, 1.82) is 0 Å². The van der Waals surface area contributed by atoms with Gasteiger partial charge in [0.1, 0.15) is 0 Å². The quantitative estimate of drug-likeness (QED) is 0.681. The van der Waals surface area contributed by atoms with E-state index in [1.165, 1.54) is 4.90 Å². The molecule has 0 saturated carbocycles. The summed E-state index contributed by atoms with van der Waals surface area (Å²) in [6.45, 7) is 1.74. The van der Waals surface area contributed by atoms with Crippen LogP contribution in [0.1, 0.15) is 25.7 Å². The van der Waals surface area contributed by atoms with Crippen LogP contribution < -0.4 is 5.73 Å². The van der Waals surface area contributed by atoms with E-state index in [-0.39, 0.29) is 23.8 Å². The monoisotopic (exact) mass is 226 g/mol. The molecule has 2 saturated heterocycles. The summed E-state index contributed by atoms with van der Waals surface area (Å²) in [7, 11) is 0. The summed E-state index contributed by atoms with van der Waals surface area (Å²) in [4.78, 5) is 24.5. The van der Waals surface area contributed by atoms with Gasteiger partial charge in [0.2, 0.25) is 11.8 Å². The minimum absolute atomic E-state index is 0.0781. The zero-order valence-corrected chi connectivity index (χ0v) is 9.35. The Kier molecular flexibility index (Phi) is 3.56. The second-order valence-corrected chi connectivity index (χ2v) is 4.54. The van der Waals surface area contributed by atoms with Gasteiger partial charge < -0.3 is 10.5 Å². The first-order valence-electron chi connectivity index (χ1n) is 5.85. The van der Waals surface area contributed by atoms with E-state index in [2.05, 4.69) is 0 Å². The number of hydrogen-bond acceptors (Lipinski definition) is 4. The molecule has 2 amide bonds. The number of rotatable bonds is 3. The average molecular weight is 226 g/mol. The molecule has 2 aliphatic rings. The van der Waals surface area contributed by atoms with E-state index in [1.807, 2.05) is 0 Å². The van der Waals surface area contributed by atoms with Crippen LogP contribution in [0.5, 0.6) is 0 Å². The molecule has 2 heterocycles. The molecule has 2 fully saturated rings. The molecule has 2 unspecified atom stereocenters. The summed E-state index contributed by atoms with van der Waals surface area (Å²) in [6.07, 6.45) is 2.55. The summed E-state index contributed by atoms with van der Waals surface area (Å²) in [5.74, 6) is 0.124. The van der Waals surface area contributed by atoms with E-state index >= 15 is 0 Å². The largest absolute Gasteiger partial charge is 0.381 e. The van der Waals surface area contributed by atoms with Gasteiger partial charge in [-0.25, -0.2) is 0 Å². The maximum atomic E-state index is 11.6. The minimum atomic E-state index is -0.145. The molecule has 2 aliphatic heterocycles. The molecule has 0 radical (unpaired) electrons. The van der Waals surface area contributed by atoms with Gasteiger partial charge in [-0.05, 0) is 12.8 Å². The van der Waals surface area contributed by atoms with Gasteiger partial charge in [-0.15, -0.1) is 0 Å². The van der Waals surface area contributed by atoms with Crippen LogP contribution in [0.2, 0.25) is 0 Å². The molecule has 5 nitrogen and oxygen atoms in total. The van der Waals surface area contributed by atoms with Crippen molar-refractivity contribution in [1.82, 2.24) is 4.90 Å². The fourth-order valence-electron chi connectivity index (χ4n) is 2.25. The number of hydrogen-bond donors (Lipinski definition) is 1. The van der Waals surface area contributed by atoms with E-state index in [0.717, 1.165) is 13.0 Å². The molecule has 0 aromatic rings. The van der Waals surface area contributed by atoms with Crippen LogP contribution in [0.3, 0.4) is 0 Å². The van der Waals surface area contributed by atoms with Crippen LogP contribution in [0.25, 0.3) is 0 Å². The van der Waals surface area contributed by atoms with E-state index in [4.69, 9.17) is 10.5 Å². The molecule has 2 rings (SSSR count). The van der Waals surface area contributed by atoms with Crippen molar-refractivity contribution in [2.24, 2.45) is 11.7 Å². The maximum absolute atomic E-state index is 11.6. The predicted molar refractivity (Wildman–Crippen MR) is 57.5 cm³/mol. The van der Waals surface area contributed by atoms with E-state index in [1.54, 1.807) is 0 Å². The molecular weight excluding hydrogens is 208 g/mol. The van der Waals surface area contributed by atoms with Crippen LogP contribution in [0.4, 0.5) is 0 Å². The summed E-state index contributed by atoms with van der Waals surface area (Å²) >= 11 is 0. The van der Waals surface area contributed by atoms with Gasteiger partial charge in [0.05, 0.1) is 6.61 Å². The van der Waals surface area contributed by atoms with E-state index in [0.29, 0.717) is 32.4 Å². The highest BCUT2D eigenvalue weighted by Gasteiger charge is 2.31. The number of carbonyl (C=O) groups excluding carboxylic acids is 2. The molecule has 5 heteroatoms. The average Bonchev–Trinajstić information content (AvgIpc) is 2.76. The van der Waals surface area contributed by atoms with Gasteiger partial charge in [-0.2, -0.15) is 0 Å². The second-order valence-electron chi connectivity index (χ2n) is 4.54. The van der Waals surface area contributed by atoms with Crippen molar-refractivity contribution in [3.8, 4) is 0 Å². The van der Waals surface area contributed by atoms with Crippen molar-refractivity contribution in [2.75, 3.05) is 19.8 Å². The maximum Gasteiger partial charge on any atom is 0.229 e. The Bertz CT molecular complexity index is 271. The first-order chi connectivity index (χ1) is 7.68. The van der Waals surface area contributed by atoms with Gasteiger partial charge >= 0.3 is 0 Å². The van der Waals surface area contributed by atoms with E-state index < -0.39 is 0 Å². The van der Waals surface area contributed by atoms with Crippen molar-refractivity contribution in [3.05, 3.63) is 0 Å². The molecule has 0 aromatic heterocycles. The number of carbonyl (C=O) groups is 2. The molecule has 0 spiro atoms. The highest BCUT2D eigenvalue weighted by molar-refractivity contribution is 5.97. The Hall–Kier alpha value is -0.940. The summed E-state index contributed by atoms with van der Waals surface area (Å²) in [5, 5.41) is 0. The number of likely N-dealkylation sites (tertiary alicyclic amines) is 1. The first kappa shape index (κ1) is 11.5. The topological polar surface area (TPSA) is 72.6 Å². The molecule has 16 heavy (non-hydrogen) atoms. The number of amides is 2.